The van der Waals surface area contributed by atoms with Gasteiger partial charge in [0.25, 0.3) is 0 Å². The molecule has 0 unspecified atom stereocenters. The topological polar surface area (TPSA) is 68.9 Å². The first-order chi connectivity index (χ1) is 16.9. The number of nitrogens with zero attached hydrogens (tertiary/aromatic N) is 3. The minimum Gasteiger partial charge on any atom is -0.340 e. The summed E-state index contributed by atoms with van der Waals surface area (Å²) in [5, 5.41) is 9.53. The molecule has 2 aromatic heterocycles. The van der Waals surface area contributed by atoms with E-state index in [9.17, 15) is 9.59 Å². The Morgan fingerprint density at radius 3 is 2.51 bits per heavy atom. The molecular weight excluding hydrogens is 460 g/mol. The Balaban J connectivity index is 1.33. The van der Waals surface area contributed by atoms with Gasteiger partial charge in [-0.25, -0.2) is 0 Å². The molecule has 2 heterocycles. The summed E-state index contributed by atoms with van der Waals surface area (Å²) in [7, 11) is 1.80. The van der Waals surface area contributed by atoms with Crippen molar-refractivity contribution in [3.63, 3.8) is 0 Å². The molecule has 0 radical (unpaired) electrons. The lowest BCUT2D eigenvalue weighted by Gasteiger charge is -2.15. The summed E-state index contributed by atoms with van der Waals surface area (Å²) < 4.78 is 3.80. The van der Waals surface area contributed by atoms with Gasteiger partial charge in [-0.3, -0.25) is 14.3 Å². The number of hydrogen-bond donors (Lipinski definition) is 1. The number of aromatic nitrogens is 3. The zero-order chi connectivity index (χ0) is 24.5. The number of aryl methyl sites for hydroxylation is 3. The third kappa shape index (κ3) is 4.57. The van der Waals surface area contributed by atoms with Crippen LogP contribution in [-0.4, -0.2) is 20.3 Å². The van der Waals surface area contributed by atoms with Gasteiger partial charge in [0.15, 0.2) is 5.43 Å². The Morgan fingerprint density at radius 1 is 0.971 bits per heavy atom. The Bertz CT molecular complexity index is 1620. The van der Waals surface area contributed by atoms with Gasteiger partial charge < -0.3 is 9.88 Å². The first kappa shape index (κ1) is 22.9. The van der Waals surface area contributed by atoms with Gasteiger partial charge in [-0.05, 0) is 49.7 Å². The summed E-state index contributed by atoms with van der Waals surface area (Å²) in [6.45, 7) is 2.61. The molecule has 0 saturated heterocycles. The Morgan fingerprint density at radius 2 is 1.71 bits per heavy atom. The molecule has 0 aliphatic rings. The minimum absolute atomic E-state index is 0.0426. The number of benzene rings is 3. The van der Waals surface area contributed by atoms with Gasteiger partial charge in [0.05, 0.1) is 16.7 Å². The van der Waals surface area contributed by atoms with E-state index in [0.717, 1.165) is 27.9 Å². The van der Waals surface area contributed by atoms with Crippen LogP contribution in [0, 0.1) is 6.92 Å². The van der Waals surface area contributed by atoms with Gasteiger partial charge in [-0.15, -0.1) is 0 Å². The monoisotopic (exact) mass is 484 g/mol. The highest BCUT2D eigenvalue weighted by molar-refractivity contribution is 6.30. The molecule has 0 saturated carbocycles. The van der Waals surface area contributed by atoms with Crippen molar-refractivity contribution >= 4 is 45.1 Å². The molecule has 0 bridgehead atoms. The lowest BCUT2D eigenvalue weighted by Crippen LogP contribution is -2.16. The first-order valence-corrected chi connectivity index (χ1v) is 11.9. The molecule has 35 heavy (non-hydrogen) atoms. The van der Waals surface area contributed by atoms with Crippen LogP contribution in [0.5, 0.6) is 0 Å². The number of rotatable bonds is 6. The average Bonchev–Trinajstić information content (AvgIpc) is 3.21. The second-order valence-electron chi connectivity index (χ2n) is 8.72. The molecule has 1 N–H and O–H groups in total. The van der Waals surface area contributed by atoms with E-state index in [0.29, 0.717) is 41.0 Å². The first-order valence-electron chi connectivity index (χ1n) is 11.5. The SMILES string of the molecule is Cc1ccc2c(c1)c(=O)c1ccccc1n2CCCC(=O)Nc1cc(-c2ccc(Cl)cc2)nn1C. The lowest BCUT2D eigenvalue weighted by molar-refractivity contribution is -0.116. The van der Waals surface area contributed by atoms with E-state index in [2.05, 4.69) is 15.0 Å². The fourth-order valence-corrected chi connectivity index (χ4v) is 4.56. The number of anilines is 1. The molecule has 0 spiro atoms. The number of carbonyl (C=O) groups excluding carboxylic acids is 1. The molecule has 0 fully saturated rings. The van der Waals surface area contributed by atoms with Gasteiger partial charge in [-0.1, -0.05) is 47.5 Å². The van der Waals surface area contributed by atoms with Crippen molar-refractivity contribution in [2.75, 3.05) is 5.32 Å². The van der Waals surface area contributed by atoms with Gasteiger partial charge >= 0.3 is 0 Å². The van der Waals surface area contributed by atoms with Crippen LogP contribution in [0.15, 0.2) is 77.6 Å². The summed E-state index contributed by atoms with van der Waals surface area (Å²) in [6, 6.07) is 22.9. The summed E-state index contributed by atoms with van der Waals surface area (Å²) >= 11 is 5.98. The zero-order valence-corrected chi connectivity index (χ0v) is 20.3. The fraction of sp³-hybridized carbons (Fsp3) is 0.179. The van der Waals surface area contributed by atoms with E-state index >= 15 is 0 Å². The predicted molar refractivity (Wildman–Crippen MR) is 142 cm³/mol. The third-order valence-corrected chi connectivity index (χ3v) is 6.45. The number of fused-ring (bicyclic) bond motifs is 2. The third-order valence-electron chi connectivity index (χ3n) is 6.20. The highest BCUT2D eigenvalue weighted by atomic mass is 35.5. The van der Waals surface area contributed by atoms with Crippen molar-refractivity contribution in [2.45, 2.75) is 26.3 Å². The summed E-state index contributed by atoms with van der Waals surface area (Å²) in [5.74, 6) is 0.552. The number of carbonyl (C=O) groups is 1. The maximum atomic E-state index is 13.0. The molecule has 0 atom stereocenters. The predicted octanol–water partition coefficient (Wildman–Crippen LogP) is 5.94. The highest BCUT2D eigenvalue weighted by Gasteiger charge is 2.13. The molecule has 5 aromatic rings. The van der Waals surface area contributed by atoms with E-state index in [1.165, 1.54) is 0 Å². The van der Waals surface area contributed by atoms with Crippen molar-refractivity contribution in [1.29, 1.82) is 0 Å². The molecule has 0 aliphatic heterocycles. The molecular formula is C28H25ClN4O2. The van der Waals surface area contributed by atoms with Crippen LogP contribution >= 0.6 is 11.6 Å². The van der Waals surface area contributed by atoms with Crippen LogP contribution in [0.25, 0.3) is 33.1 Å². The quantitative estimate of drug-likeness (QED) is 0.303. The van der Waals surface area contributed by atoms with E-state index in [1.54, 1.807) is 11.7 Å². The number of hydrogen-bond acceptors (Lipinski definition) is 3. The van der Waals surface area contributed by atoms with Crippen molar-refractivity contribution in [3.8, 4) is 11.3 Å². The Hall–Kier alpha value is -3.90. The number of halogens is 1. The van der Waals surface area contributed by atoms with Gasteiger partial charge in [0, 0.05) is 47.4 Å². The Labute approximate surface area is 207 Å². The molecule has 3 aromatic carbocycles. The van der Waals surface area contributed by atoms with Gasteiger partial charge in [0.2, 0.25) is 5.91 Å². The van der Waals surface area contributed by atoms with Crippen molar-refractivity contribution in [2.24, 2.45) is 7.05 Å². The molecule has 176 valence electrons. The van der Waals surface area contributed by atoms with Crippen LogP contribution in [0.1, 0.15) is 18.4 Å². The second kappa shape index (κ2) is 9.39. The van der Waals surface area contributed by atoms with Crippen molar-refractivity contribution < 1.29 is 4.79 Å². The molecule has 7 heteroatoms. The van der Waals surface area contributed by atoms with Crippen molar-refractivity contribution in [3.05, 3.63) is 93.6 Å². The number of pyridine rings is 1. The number of amides is 1. The Kier molecular flexibility index (Phi) is 6.14. The summed E-state index contributed by atoms with van der Waals surface area (Å²) in [5.41, 5.74) is 4.55. The van der Waals surface area contributed by atoms with Crippen molar-refractivity contribution in [1.82, 2.24) is 14.3 Å². The fourth-order valence-electron chi connectivity index (χ4n) is 4.43. The van der Waals surface area contributed by atoms with Crippen LogP contribution < -0.4 is 10.7 Å². The standard InChI is InChI=1S/C28H25ClN4O2/c1-18-9-14-25-22(16-18)28(35)21-6-3-4-7-24(21)33(25)15-5-8-27(34)30-26-17-23(31-32(26)2)19-10-12-20(29)13-11-19/h3-4,6-7,9-14,16-17H,5,8,15H2,1-2H3,(H,30,34). The van der Waals surface area contributed by atoms with E-state index in [-0.39, 0.29) is 11.3 Å². The van der Waals surface area contributed by atoms with Crippen LogP contribution in [0.2, 0.25) is 5.02 Å². The second-order valence-corrected chi connectivity index (χ2v) is 9.15. The van der Waals surface area contributed by atoms with Crippen LogP contribution in [0.4, 0.5) is 5.82 Å². The maximum Gasteiger partial charge on any atom is 0.225 e. The van der Waals surface area contributed by atoms with E-state index < -0.39 is 0 Å². The van der Waals surface area contributed by atoms with Gasteiger partial charge in [0.1, 0.15) is 5.82 Å². The van der Waals surface area contributed by atoms with E-state index in [4.69, 9.17) is 11.6 Å². The van der Waals surface area contributed by atoms with Crippen LogP contribution in [-0.2, 0) is 18.4 Å². The summed E-state index contributed by atoms with van der Waals surface area (Å²) in [6.07, 6.45) is 0.971. The smallest absolute Gasteiger partial charge is 0.225 e. The molecule has 0 aliphatic carbocycles. The molecule has 6 nitrogen and oxygen atoms in total. The number of para-hydroxylation sites is 1. The van der Waals surface area contributed by atoms with Gasteiger partial charge in [-0.2, -0.15) is 5.10 Å². The largest absolute Gasteiger partial charge is 0.340 e. The average molecular weight is 485 g/mol. The molecule has 1 amide bonds. The lowest BCUT2D eigenvalue weighted by atomic mass is 10.1. The van der Waals surface area contributed by atoms with Crippen LogP contribution in [0.3, 0.4) is 0 Å². The van der Waals surface area contributed by atoms with E-state index in [1.807, 2.05) is 79.7 Å². The maximum absolute atomic E-state index is 13.0. The highest BCUT2D eigenvalue weighted by Crippen LogP contribution is 2.24. The molecule has 5 rings (SSSR count). The normalized spacial score (nSPS) is 11.3. The summed E-state index contributed by atoms with van der Waals surface area (Å²) in [4.78, 5) is 25.8. The zero-order valence-electron chi connectivity index (χ0n) is 19.6. The number of nitrogens with one attached hydrogen (secondary N) is 1. The minimum atomic E-state index is -0.0823.